The molecule has 7 heteroatoms. The second-order valence-corrected chi connectivity index (χ2v) is 8.42. The highest BCUT2D eigenvalue weighted by Crippen LogP contribution is 2.27. The van der Waals surface area contributed by atoms with Crippen molar-refractivity contribution < 1.29 is 13.2 Å². The minimum Gasteiger partial charge on any atom is -0.375 e. The molecule has 1 fully saturated rings. The van der Waals surface area contributed by atoms with Crippen LogP contribution in [-0.4, -0.2) is 26.7 Å². The first-order valence-electron chi connectivity index (χ1n) is 6.88. The van der Waals surface area contributed by atoms with Crippen LogP contribution < -0.4 is 10.5 Å². The van der Waals surface area contributed by atoms with Gasteiger partial charge in [-0.1, -0.05) is 6.07 Å². The summed E-state index contributed by atoms with van der Waals surface area (Å²) in [6.07, 6.45) is 1.33. The van der Waals surface area contributed by atoms with Gasteiger partial charge in [-0.15, -0.1) is 0 Å². The quantitative estimate of drug-likeness (QED) is 0.843. The molecule has 1 saturated heterocycles. The normalized spacial score (nSPS) is 22.2. The van der Waals surface area contributed by atoms with E-state index in [-0.39, 0.29) is 16.5 Å². The molecule has 1 atom stereocenters. The summed E-state index contributed by atoms with van der Waals surface area (Å²) in [5, 5.41) is 0. The minimum absolute atomic E-state index is 0.118. The monoisotopic (exact) mass is 376 g/mol. The van der Waals surface area contributed by atoms with Crippen molar-refractivity contribution in [2.75, 3.05) is 6.61 Å². The zero-order valence-corrected chi connectivity index (χ0v) is 14.6. The molecule has 0 aliphatic carbocycles. The minimum atomic E-state index is -3.58. The third-order valence-electron chi connectivity index (χ3n) is 3.54. The lowest BCUT2D eigenvalue weighted by Crippen LogP contribution is -2.45. The molecule has 0 aromatic heterocycles. The Hall–Kier alpha value is -0.470. The lowest BCUT2D eigenvalue weighted by Gasteiger charge is -2.35. The predicted octanol–water partition coefficient (Wildman–Crippen LogP) is 2.14. The molecule has 0 bridgehead atoms. The number of hydrogen-bond donors (Lipinski definition) is 2. The summed E-state index contributed by atoms with van der Waals surface area (Å²) in [4.78, 5) is 0.231. The maximum absolute atomic E-state index is 12.6. The Kier molecular flexibility index (Phi) is 5.10. The summed E-state index contributed by atoms with van der Waals surface area (Å²) < 4.78 is 34.1. The van der Waals surface area contributed by atoms with Crippen LogP contribution in [0.15, 0.2) is 27.6 Å². The van der Waals surface area contributed by atoms with Gasteiger partial charge in [0.25, 0.3) is 0 Å². The second-order valence-electron chi connectivity index (χ2n) is 5.89. The Morgan fingerprint density at radius 1 is 1.48 bits per heavy atom. The number of hydrogen-bond acceptors (Lipinski definition) is 4. The van der Waals surface area contributed by atoms with Crippen molar-refractivity contribution in [3.05, 3.63) is 28.2 Å². The van der Waals surface area contributed by atoms with Gasteiger partial charge in [0.05, 0.1) is 10.5 Å². The Morgan fingerprint density at radius 3 is 2.81 bits per heavy atom. The van der Waals surface area contributed by atoms with Gasteiger partial charge in [-0.3, -0.25) is 0 Å². The number of nitrogens with one attached hydrogen (secondary N) is 1. The van der Waals surface area contributed by atoms with Crippen LogP contribution in [-0.2, 0) is 21.3 Å². The van der Waals surface area contributed by atoms with E-state index < -0.39 is 10.0 Å². The first-order valence-corrected chi connectivity index (χ1v) is 9.16. The highest BCUT2D eigenvalue weighted by Gasteiger charge is 2.32. The summed E-state index contributed by atoms with van der Waals surface area (Å²) in [6, 6.07) is 5.01. The van der Waals surface area contributed by atoms with Gasteiger partial charge in [-0.05, 0) is 60.3 Å². The van der Waals surface area contributed by atoms with Gasteiger partial charge >= 0.3 is 0 Å². The zero-order chi connectivity index (χ0) is 15.7. The van der Waals surface area contributed by atoms with Crippen LogP contribution in [0, 0.1) is 0 Å². The summed E-state index contributed by atoms with van der Waals surface area (Å²) in [5.74, 6) is 0. The molecule has 1 aromatic carbocycles. The average Bonchev–Trinajstić information content (AvgIpc) is 2.37. The van der Waals surface area contributed by atoms with E-state index in [9.17, 15) is 8.42 Å². The fourth-order valence-corrected chi connectivity index (χ4v) is 4.78. The Labute approximate surface area is 134 Å². The van der Waals surface area contributed by atoms with Crippen molar-refractivity contribution in [2.45, 2.75) is 49.8 Å². The van der Waals surface area contributed by atoms with Crippen molar-refractivity contribution >= 4 is 26.0 Å². The molecule has 3 N–H and O–H groups in total. The number of rotatable bonds is 4. The topological polar surface area (TPSA) is 81.4 Å². The molecular formula is C14H21BrN2O3S. The molecule has 21 heavy (non-hydrogen) atoms. The summed E-state index contributed by atoms with van der Waals surface area (Å²) in [6.45, 7) is 4.81. The van der Waals surface area contributed by atoms with Gasteiger partial charge in [-0.2, -0.15) is 0 Å². The lowest BCUT2D eigenvalue weighted by molar-refractivity contribution is -0.0599. The van der Waals surface area contributed by atoms with Crippen LogP contribution in [0.5, 0.6) is 0 Å². The standard InChI is InChI=1S/C14H21BrN2O3S/c1-14(2)8-11(5-6-20-14)17-21(18,19)13-7-10(9-16)3-4-12(13)15/h3-4,7,11,17H,5-6,8-9,16H2,1-2H3. The van der Waals surface area contributed by atoms with Gasteiger partial charge in [-0.25, -0.2) is 13.1 Å². The highest BCUT2D eigenvalue weighted by atomic mass is 79.9. The first-order chi connectivity index (χ1) is 9.73. The number of nitrogens with two attached hydrogens (primary N) is 1. The number of benzene rings is 1. The third-order valence-corrected chi connectivity index (χ3v) is 6.05. The van der Waals surface area contributed by atoms with Crippen LogP contribution in [0.2, 0.25) is 0 Å². The van der Waals surface area contributed by atoms with Crippen molar-refractivity contribution in [2.24, 2.45) is 5.73 Å². The van der Waals surface area contributed by atoms with E-state index in [2.05, 4.69) is 20.7 Å². The zero-order valence-electron chi connectivity index (χ0n) is 12.2. The molecule has 5 nitrogen and oxygen atoms in total. The Morgan fingerprint density at radius 2 is 2.19 bits per heavy atom. The summed E-state index contributed by atoms with van der Waals surface area (Å²) >= 11 is 3.30. The second kappa shape index (κ2) is 6.34. The van der Waals surface area contributed by atoms with Gasteiger partial charge in [0, 0.05) is 23.7 Å². The van der Waals surface area contributed by atoms with Crippen LogP contribution in [0.3, 0.4) is 0 Å². The molecule has 0 radical (unpaired) electrons. The summed E-state index contributed by atoms with van der Waals surface area (Å²) in [7, 11) is -3.58. The van der Waals surface area contributed by atoms with E-state index in [1.807, 2.05) is 13.8 Å². The number of halogens is 1. The van der Waals surface area contributed by atoms with Gasteiger partial charge in [0.15, 0.2) is 0 Å². The van der Waals surface area contributed by atoms with E-state index in [0.717, 1.165) is 5.56 Å². The van der Waals surface area contributed by atoms with E-state index in [1.165, 1.54) is 0 Å². The van der Waals surface area contributed by atoms with Crippen molar-refractivity contribution in [1.82, 2.24) is 4.72 Å². The highest BCUT2D eigenvalue weighted by molar-refractivity contribution is 9.10. The fraction of sp³-hybridized carbons (Fsp3) is 0.571. The van der Waals surface area contributed by atoms with E-state index in [1.54, 1.807) is 18.2 Å². The molecule has 0 spiro atoms. The van der Waals surface area contributed by atoms with Gasteiger partial charge in [0.1, 0.15) is 0 Å². The molecular weight excluding hydrogens is 356 g/mol. The lowest BCUT2D eigenvalue weighted by atomic mass is 9.95. The van der Waals surface area contributed by atoms with E-state index in [4.69, 9.17) is 10.5 Å². The summed E-state index contributed by atoms with van der Waals surface area (Å²) in [5.41, 5.74) is 6.06. The van der Waals surface area contributed by atoms with E-state index >= 15 is 0 Å². The molecule has 2 rings (SSSR count). The van der Waals surface area contributed by atoms with Gasteiger partial charge < -0.3 is 10.5 Å². The van der Waals surface area contributed by atoms with Crippen LogP contribution in [0.25, 0.3) is 0 Å². The maximum Gasteiger partial charge on any atom is 0.241 e. The SMILES string of the molecule is CC1(C)CC(NS(=O)(=O)c2cc(CN)ccc2Br)CCO1. The molecule has 1 heterocycles. The van der Waals surface area contributed by atoms with E-state index in [0.29, 0.717) is 30.5 Å². The molecule has 0 saturated carbocycles. The molecule has 1 aliphatic heterocycles. The van der Waals surface area contributed by atoms with Crippen LogP contribution in [0.1, 0.15) is 32.3 Å². The smallest absolute Gasteiger partial charge is 0.241 e. The molecule has 1 aliphatic rings. The maximum atomic E-state index is 12.6. The third kappa shape index (κ3) is 4.26. The van der Waals surface area contributed by atoms with Gasteiger partial charge in [0.2, 0.25) is 10.0 Å². The molecule has 1 aromatic rings. The van der Waals surface area contributed by atoms with Crippen molar-refractivity contribution in [3.63, 3.8) is 0 Å². The predicted molar refractivity (Wildman–Crippen MR) is 85.4 cm³/mol. The first kappa shape index (κ1) is 16.9. The molecule has 1 unspecified atom stereocenters. The number of ether oxygens (including phenoxy) is 1. The fourth-order valence-electron chi connectivity index (χ4n) is 2.50. The van der Waals surface area contributed by atoms with Crippen molar-refractivity contribution in [1.29, 1.82) is 0 Å². The largest absolute Gasteiger partial charge is 0.375 e. The molecule has 0 amide bonds. The molecule has 118 valence electrons. The van der Waals surface area contributed by atoms with Crippen molar-refractivity contribution in [3.8, 4) is 0 Å². The van der Waals surface area contributed by atoms with Crippen LogP contribution in [0.4, 0.5) is 0 Å². The Bertz CT molecular complexity index is 617. The van der Waals surface area contributed by atoms with Crippen LogP contribution >= 0.6 is 15.9 Å². The number of sulfonamides is 1. The average molecular weight is 377 g/mol. The Balaban J connectivity index is 2.22.